The van der Waals surface area contributed by atoms with Crippen LogP contribution in [0.15, 0.2) is 53.1 Å². The van der Waals surface area contributed by atoms with Crippen LogP contribution in [0, 0.1) is 18.3 Å². The van der Waals surface area contributed by atoms with E-state index in [1.54, 1.807) is 47.3 Å². The van der Waals surface area contributed by atoms with Crippen molar-refractivity contribution in [2.24, 2.45) is 5.73 Å². The van der Waals surface area contributed by atoms with Crippen LogP contribution in [0.5, 0.6) is 5.75 Å². The van der Waals surface area contributed by atoms with Crippen LogP contribution in [0.4, 0.5) is 12.0 Å². The minimum atomic E-state index is -0.619. The number of carbonyl (C=O) groups excluding carboxylic acids is 2. The molecule has 0 fully saturated rings. The number of aromatic nitrogens is 5. The first-order valence-electron chi connectivity index (χ1n) is 13.2. The van der Waals surface area contributed by atoms with Gasteiger partial charge in [-0.3, -0.25) is 19.6 Å². The predicted molar refractivity (Wildman–Crippen MR) is 155 cm³/mol. The molecule has 0 bridgehead atoms. The first kappa shape index (κ1) is 27.9. The van der Waals surface area contributed by atoms with Crippen molar-refractivity contribution >= 4 is 34.8 Å². The molecule has 0 aliphatic heterocycles. The molecule has 214 valence electrons. The van der Waals surface area contributed by atoms with Gasteiger partial charge in [0.05, 0.1) is 36.1 Å². The van der Waals surface area contributed by atoms with Crippen LogP contribution in [0.1, 0.15) is 45.4 Å². The van der Waals surface area contributed by atoms with Crippen LogP contribution in [-0.2, 0) is 13.1 Å². The van der Waals surface area contributed by atoms with E-state index in [1.807, 2.05) is 24.5 Å². The van der Waals surface area contributed by atoms with Crippen LogP contribution >= 0.6 is 0 Å². The van der Waals surface area contributed by atoms with Crippen LogP contribution in [0.2, 0.25) is 0 Å². The number of rotatable bonds is 11. The molecule has 5 rings (SSSR count). The minimum Gasteiger partial charge on any atom is -0.494 e. The fourth-order valence-corrected chi connectivity index (χ4v) is 4.64. The molecule has 3 aromatic heterocycles. The Kier molecular flexibility index (Phi) is 7.87. The second kappa shape index (κ2) is 11.8. The number of imidazole rings is 1. The van der Waals surface area contributed by atoms with E-state index in [1.165, 1.54) is 7.11 Å². The van der Waals surface area contributed by atoms with Crippen LogP contribution < -0.4 is 21.1 Å². The molecule has 42 heavy (non-hydrogen) atoms. The number of aryl methyl sites for hydroxylation is 3. The van der Waals surface area contributed by atoms with Crippen LogP contribution in [0.3, 0.4) is 0 Å². The maximum atomic E-state index is 13.3. The van der Waals surface area contributed by atoms with Gasteiger partial charge in [-0.05, 0) is 50.6 Å². The molecule has 0 aliphatic rings. The quantitative estimate of drug-likeness (QED) is 0.199. The highest BCUT2D eigenvalue weighted by atomic mass is 16.5. The summed E-state index contributed by atoms with van der Waals surface area (Å²) < 4.78 is 14.8. The Hall–Kier alpha value is -5.64. The number of methoxy groups -OCH3 is 1. The molecule has 0 saturated heterocycles. The zero-order valence-corrected chi connectivity index (χ0v) is 23.3. The lowest BCUT2D eigenvalue weighted by Crippen LogP contribution is -2.20. The van der Waals surface area contributed by atoms with Gasteiger partial charge in [0.25, 0.3) is 11.9 Å². The number of nitriles is 1. The summed E-state index contributed by atoms with van der Waals surface area (Å²) in [6, 6.07) is 14.4. The third-order valence-corrected chi connectivity index (χ3v) is 6.59. The highest BCUT2D eigenvalue weighted by molar-refractivity contribution is 6.04. The number of hydrogen-bond acceptors (Lipinski definition) is 9. The summed E-state index contributed by atoms with van der Waals surface area (Å²) >= 11 is 0. The number of hydrogen-bond donors (Lipinski definition) is 3. The van der Waals surface area contributed by atoms with Crippen molar-refractivity contribution in [2.75, 3.05) is 24.3 Å². The maximum Gasteiger partial charge on any atom is 0.295 e. The second-order valence-electron chi connectivity index (χ2n) is 9.44. The van der Waals surface area contributed by atoms with Gasteiger partial charge in [0.2, 0.25) is 11.9 Å². The lowest BCUT2D eigenvalue weighted by Gasteiger charge is -2.13. The van der Waals surface area contributed by atoms with Gasteiger partial charge in [-0.15, -0.1) is 0 Å². The van der Waals surface area contributed by atoms with Crippen LogP contribution in [-0.4, -0.2) is 49.8 Å². The van der Waals surface area contributed by atoms with Gasteiger partial charge in [-0.2, -0.15) is 10.4 Å². The highest BCUT2D eigenvalue weighted by Gasteiger charge is 2.21. The van der Waals surface area contributed by atoms with Crippen molar-refractivity contribution in [3.63, 3.8) is 0 Å². The Labute approximate surface area is 240 Å². The average molecular weight is 568 g/mol. The minimum absolute atomic E-state index is 0.239. The Bertz CT molecular complexity index is 1830. The number of carbonyl (C=O) groups is 2. The Morgan fingerprint density at radius 3 is 2.79 bits per heavy atom. The van der Waals surface area contributed by atoms with E-state index in [0.29, 0.717) is 65.9 Å². The maximum absolute atomic E-state index is 13.3. The Morgan fingerprint density at radius 1 is 1.21 bits per heavy atom. The summed E-state index contributed by atoms with van der Waals surface area (Å²) in [5, 5.41) is 19.6. The Balaban J connectivity index is 1.38. The number of nitrogens with zero attached hydrogens (tertiary/aromatic N) is 6. The zero-order valence-electron chi connectivity index (χ0n) is 23.3. The number of oxazole rings is 1. The van der Waals surface area contributed by atoms with E-state index in [9.17, 15) is 9.59 Å². The molecular weight excluding hydrogens is 538 g/mol. The molecule has 2 aromatic carbocycles. The van der Waals surface area contributed by atoms with Crippen molar-refractivity contribution in [1.29, 1.82) is 5.26 Å². The third-order valence-electron chi connectivity index (χ3n) is 6.59. The molecule has 5 aromatic rings. The Morgan fingerprint density at radius 2 is 2.05 bits per heavy atom. The lowest BCUT2D eigenvalue weighted by atomic mass is 10.1. The summed E-state index contributed by atoms with van der Waals surface area (Å²) in [6.07, 6.45) is 2.18. The number of ether oxygens (including phenoxy) is 1. The van der Waals surface area contributed by atoms with E-state index in [4.69, 9.17) is 20.1 Å². The van der Waals surface area contributed by atoms with Gasteiger partial charge in [0.1, 0.15) is 17.0 Å². The van der Waals surface area contributed by atoms with Gasteiger partial charge in [-0.1, -0.05) is 12.1 Å². The second-order valence-corrected chi connectivity index (χ2v) is 9.44. The molecule has 0 radical (unpaired) electrons. The molecule has 0 saturated carbocycles. The number of benzene rings is 2. The van der Waals surface area contributed by atoms with Gasteiger partial charge in [0.15, 0.2) is 5.76 Å². The summed E-state index contributed by atoms with van der Waals surface area (Å²) in [6.45, 7) is 5.16. The summed E-state index contributed by atoms with van der Waals surface area (Å²) in [7, 11) is 1.49. The fourth-order valence-electron chi connectivity index (χ4n) is 4.64. The molecule has 13 heteroatoms. The number of anilines is 2. The standard InChI is InChI=1S/C29H29N9O4/c1-4-38-22(11-17(2)36-38)27(40)35-28-34-21-13-20(26(31)39)14-23(41-3)25(21)37(28)10-6-9-32-29-33-16-24(42-29)19-8-5-7-18(12-19)15-30/h5,7-8,11-14,16H,4,6,9-10H2,1-3H3,(H2,31,39)(H,32,33)(H,34,35,40). The normalized spacial score (nSPS) is 10.9. The molecule has 4 N–H and O–H groups in total. The van der Waals surface area contributed by atoms with Gasteiger partial charge in [0, 0.05) is 30.8 Å². The average Bonchev–Trinajstić information content (AvgIpc) is 3.71. The van der Waals surface area contributed by atoms with E-state index in [2.05, 4.69) is 31.8 Å². The molecule has 0 aliphatic carbocycles. The molecule has 13 nitrogen and oxygen atoms in total. The molecule has 0 spiro atoms. The van der Waals surface area contributed by atoms with Gasteiger partial charge < -0.3 is 24.8 Å². The van der Waals surface area contributed by atoms with Crippen molar-refractivity contribution in [3.8, 4) is 23.1 Å². The molecule has 0 unspecified atom stereocenters. The van der Waals surface area contributed by atoms with Crippen molar-refractivity contribution < 1.29 is 18.7 Å². The van der Waals surface area contributed by atoms with Crippen molar-refractivity contribution in [3.05, 3.63) is 71.2 Å². The van der Waals surface area contributed by atoms with E-state index in [0.717, 1.165) is 11.3 Å². The molecule has 2 amide bonds. The highest BCUT2D eigenvalue weighted by Crippen LogP contribution is 2.31. The largest absolute Gasteiger partial charge is 0.494 e. The summed E-state index contributed by atoms with van der Waals surface area (Å²) in [5.74, 6) is 0.234. The van der Waals surface area contributed by atoms with Crippen LogP contribution in [0.25, 0.3) is 22.4 Å². The monoisotopic (exact) mass is 567 g/mol. The number of primary amides is 1. The topological polar surface area (TPSA) is 179 Å². The summed E-state index contributed by atoms with van der Waals surface area (Å²) in [4.78, 5) is 34.1. The van der Waals surface area contributed by atoms with E-state index in [-0.39, 0.29) is 17.4 Å². The predicted octanol–water partition coefficient (Wildman–Crippen LogP) is 3.95. The zero-order chi connectivity index (χ0) is 29.8. The number of amides is 2. The van der Waals surface area contributed by atoms with E-state index < -0.39 is 5.91 Å². The lowest BCUT2D eigenvalue weighted by molar-refractivity contribution is 0.0995. The third kappa shape index (κ3) is 5.64. The van der Waals surface area contributed by atoms with Gasteiger partial charge >= 0.3 is 0 Å². The molecule has 0 atom stereocenters. The van der Waals surface area contributed by atoms with E-state index >= 15 is 0 Å². The number of fused-ring (bicyclic) bond motifs is 1. The van der Waals surface area contributed by atoms with Crippen molar-refractivity contribution in [2.45, 2.75) is 33.4 Å². The van der Waals surface area contributed by atoms with Gasteiger partial charge in [-0.25, -0.2) is 9.97 Å². The first-order valence-corrected chi connectivity index (χ1v) is 13.2. The fraction of sp³-hybridized carbons (Fsp3) is 0.241. The first-order chi connectivity index (χ1) is 20.3. The number of nitrogens with one attached hydrogen (secondary N) is 2. The molecular formula is C29H29N9O4. The molecule has 3 heterocycles. The SMILES string of the molecule is CCn1nc(C)cc1C(=O)Nc1nc2cc(C(N)=O)cc(OC)c2n1CCCNc1ncc(-c2cccc(C#N)c2)o1. The van der Waals surface area contributed by atoms with Crippen molar-refractivity contribution in [1.82, 2.24) is 24.3 Å². The number of nitrogens with two attached hydrogens (primary N) is 1. The summed E-state index contributed by atoms with van der Waals surface area (Å²) in [5.41, 5.74) is 9.23. The smallest absolute Gasteiger partial charge is 0.295 e.